The van der Waals surface area contributed by atoms with E-state index in [2.05, 4.69) is 44.7 Å². The Morgan fingerprint density at radius 1 is 1.30 bits per heavy atom. The van der Waals surface area contributed by atoms with Gasteiger partial charge < -0.3 is 10.2 Å². The van der Waals surface area contributed by atoms with E-state index in [0.717, 1.165) is 44.0 Å². The van der Waals surface area contributed by atoms with E-state index in [1.165, 1.54) is 37.1 Å². The van der Waals surface area contributed by atoms with Crippen LogP contribution in [0.15, 0.2) is 22.5 Å². The molecule has 0 atom stereocenters. The predicted octanol–water partition coefficient (Wildman–Crippen LogP) is 2.67. The van der Waals surface area contributed by atoms with Gasteiger partial charge >= 0.3 is 0 Å². The van der Waals surface area contributed by atoms with Crippen molar-refractivity contribution in [2.24, 2.45) is 10.9 Å². The van der Waals surface area contributed by atoms with Gasteiger partial charge in [0.2, 0.25) is 0 Å². The molecule has 0 aromatic carbocycles. The summed E-state index contributed by atoms with van der Waals surface area (Å²) in [5.74, 6) is 2.01. The summed E-state index contributed by atoms with van der Waals surface area (Å²) in [7, 11) is 4.01. The molecule has 1 heterocycles. The van der Waals surface area contributed by atoms with Crippen LogP contribution < -0.4 is 5.32 Å². The molecule has 0 amide bonds. The smallest absolute Gasteiger partial charge is 0.193 e. The number of thiophene rings is 1. The normalized spacial score (nSPS) is 18.5. The second-order valence-corrected chi connectivity index (χ2v) is 7.93. The molecular formula is C18H30N4S. The molecule has 2 aliphatic rings. The lowest BCUT2D eigenvalue weighted by Crippen LogP contribution is -2.43. The van der Waals surface area contributed by atoms with Crippen LogP contribution >= 0.6 is 11.3 Å². The molecule has 0 unspecified atom stereocenters. The molecule has 5 heteroatoms. The summed E-state index contributed by atoms with van der Waals surface area (Å²) in [5, 5.41) is 5.69. The summed E-state index contributed by atoms with van der Waals surface area (Å²) in [6.45, 7) is 4.48. The zero-order valence-electron chi connectivity index (χ0n) is 14.5. The highest BCUT2D eigenvalue weighted by Gasteiger charge is 2.33. The molecule has 128 valence electrons. The summed E-state index contributed by atoms with van der Waals surface area (Å²) < 4.78 is 0. The van der Waals surface area contributed by atoms with Gasteiger partial charge in [0.25, 0.3) is 0 Å². The molecule has 1 N–H and O–H groups in total. The van der Waals surface area contributed by atoms with Crippen LogP contribution in [0.25, 0.3) is 0 Å². The Kier molecular flexibility index (Phi) is 5.95. The average molecular weight is 335 g/mol. The molecule has 0 aliphatic heterocycles. The van der Waals surface area contributed by atoms with Crippen molar-refractivity contribution in [2.75, 3.05) is 40.3 Å². The Morgan fingerprint density at radius 3 is 2.74 bits per heavy atom. The quantitative estimate of drug-likeness (QED) is 0.556. The molecule has 2 fully saturated rings. The Labute approximate surface area is 144 Å². The number of aliphatic imine (C=N–C) groups is 1. The van der Waals surface area contributed by atoms with Gasteiger partial charge in [-0.2, -0.15) is 0 Å². The molecule has 1 aromatic heterocycles. The third-order valence-electron chi connectivity index (χ3n) is 4.78. The van der Waals surface area contributed by atoms with Crippen molar-refractivity contribution < 1.29 is 0 Å². The predicted molar refractivity (Wildman–Crippen MR) is 99.3 cm³/mol. The Balaban J connectivity index is 1.37. The van der Waals surface area contributed by atoms with Crippen molar-refractivity contribution in [2.45, 2.75) is 38.1 Å². The minimum absolute atomic E-state index is 0.871. The zero-order chi connectivity index (χ0) is 16.1. The van der Waals surface area contributed by atoms with Crippen LogP contribution in [-0.2, 0) is 6.42 Å². The standard InChI is InChI=1S/C18H30N4S/c1-19-18(21(2)11-9-17-4-3-13-23-17)20-10-12-22(16-7-8-16)14-15-5-6-15/h3-4,13,15-16H,5-12,14H2,1-2H3,(H,19,20). The third kappa shape index (κ3) is 5.50. The highest BCUT2D eigenvalue weighted by Crippen LogP contribution is 2.34. The summed E-state index contributed by atoms with van der Waals surface area (Å²) in [5.41, 5.74) is 0. The summed E-state index contributed by atoms with van der Waals surface area (Å²) in [6, 6.07) is 5.20. The van der Waals surface area contributed by atoms with Gasteiger partial charge in [0.05, 0.1) is 0 Å². The third-order valence-corrected chi connectivity index (χ3v) is 5.72. The fourth-order valence-corrected chi connectivity index (χ4v) is 3.73. The second kappa shape index (κ2) is 8.15. The van der Waals surface area contributed by atoms with E-state index < -0.39 is 0 Å². The molecule has 2 saturated carbocycles. The zero-order valence-corrected chi connectivity index (χ0v) is 15.3. The number of nitrogens with zero attached hydrogens (tertiary/aromatic N) is 3. The minimum atomic E-state index is 0.871. The van der Waals surface area contributed by atoms with Crippen LogP contribution in [0.5, 0.6) is 0 Å². The SMILES string of the molecule is CN=C(NCCN(CC1CC1)C1CC1)N(C)CCc1cccs1. The van der Waals surface area contributed by atoms with Crippen molar-refractivity contribution >= 4 is 17.3 Å². The monoisotopic (exact) mass is 334 g/mol. The van der Waals surface area contributed by atoms with Crippen molar-refractivity contribution in [1.29, 1.82) is 0 Å². The summed E-state index contributed by atoms with van der Waals surface area (Å²) in [4.78, 5) is 10.8. The second-order valence-electron chi connectivity index (χ2n) is 6.89. The maximum Gasteiger partial charge on any atom is 0.193 e. The maximum absolute atomic E-state index is 4.43. The van der Waals surface area contributed by atoms with E-state index in [1.54, 1.807) is 0 Å². The van der Waals surface area contributed by atoms with E-state index >= 15 is 0 Å². The van der Waals surface area contributed by atoms with Crippen molar-refractivity contribution in [3.63, 3.8) is 0 Å². The van der Waals surface area contributed by atoms with Gasteiger partial charge in [0.1, 0.15) is 0 Å². The number of guanidine groups is 1. The Bertz CT molecular complexity index is 491. The first kappa shape index (κ1) is 16.8. The van der Waals surface area contributed by atoms with E-state index in [0.29, 0.717) is 0 Å². The first-order valence-corrected chi connectivity index (χ1v) is 9.82. The van der Waals surface area contributed by atoms with Gasteiger partial charge in [-0.3, -0.25) is 9.89 Å². The molecule has 2 aliphatic carbocycles. The minimum Gasteiger partial charge on any atom is -0.355 e. The largest absolute Gasteiger partial charge is 0.355 e. The van der Waals surface area contributed by atoms with E-state index in [9.17, 15) is 0 Å². The van der Waals surface area contributed by atoms with Crippen molar-refractivity contribution in [3.8, 4) is 0 Å². The molecule has 0 saturated heterocycles. The number of rotatable bonds is 9. The lowest BCUT2D eigenvalue weighted by Gasteiger charge is -2.25. The molecule has 4 nitrogen and oxygen atoms in total. The number of likely N-dealkylation sites (N-methyl/N-ethyl adjacent to an activating group) is 1. The van der Waals surface area contributed by atoms with Crippen LogP contribution in [0.1, 0.15) is 30.6 Å². The maximum atomic E-state index is 4.43. The molecule has 0 spiro atoms. The number of hydrogen-bond donors (Lipinski definition) is 1. The lowest BCUT2D eigenvalue weighted by atomic mass is 10.3. The highest BCUT2D eigenvalue weighted by atomic mass is 32.1. The molecule has 3 rings (SSSR count). The number of nitrogens with one attached hydrogen (secondary N) is 1. The fourth-order valence-electron chi connectivity index (χ4n) is 3.03. The first-order chi connectivity index (χ1) is 11.3. The van der Waals surface area contributed by atoms with Gasteiger partial charge in [-0.25, -0.2) is 0 Å². The topological polar surface area (TPSA) is 30.9 Å². The molecule has 1 aromatic rings. The van der Waals surface area contributed by atoms with Crippen LogP contribution in [0.4, 0.5) is 0 Å². The van der Waals surface area contributed by atoms with Gasteiger partial charge in [0.15, 0.2) is 5.96 Å². The average Bonchev–Trinajstić information content (AvgIpc) is 3.48. The highest BCUT2D eigenvalue weighted by molar-refractivity contribution is 7.09. The van der Waals surface area contributed by atoms with Gasteiger partial charge in [-0.05, 0) is 49.5 Å². The van der Waals surface area contributed by atoms with Gasteiger partial charge in [0, 0.05) is 51.2 Å². The summed E-state index contributed by atoms with van der Waals surface area (Å²) in [6.07, 6.45) is 6.79. The molecule has 0 bridgehead atoms. The molecule has 0 radical (unpaired) electrons. The molecular weight excluding hydrogens is 304 g/mol. The summed E-state index contributed by atoms with van der Waals surface area (Å²) >= 11 is 1.83. The Hall–Kier alpha value is -1.07. The van der Waals surface area contributed by atoms with Crippen molar-refractivity contribution in [1.82, 2.24) is 15.1 Å². The lowest BCUT2D eigenvalue weighted by molar-refractivity contribution is 0.255. The van der Waals surface area contributed by atoms with Crippen LogP contribution in [0.2, 0.25) is 0 Å². The van der Waals surface area contributed by atoms with Crippen molar-refractivity contribution in [3.05, 3.63) is 22.4 Å². The molecule has 23 heavy (non-hydrogen) atoms. The fraction of sp³-hybridized carbons (Fsp3) is 0.722. The van der Waals surface area contributed by atoms with Gasteiger partial charge in [-0.1, -0.05) is 6.07 Å². The van der Waals surface area contributed by atoms with Crippen LogP contribution in [0, 0.1) is 5.92 Å². The van der Waals surface area contributed by atoms with Gasteiger partial charge in [-0.15, -0.1) is 11.3 Å². The van der Waals surface area contributed by atoms with E-state index in [-0.39, 0.29) is 0 Å². The van der Waals surface area contributed by atoms with E-state index in [1.807, 2.05) is 18.4 Å². The van der Waals surface area contributed by atoms with Crippen LogP contribution in [-0.4, -0.2) is 62.1 Å². The van der Waals surface area contributed by atoms with Crippen LogP contribution in [0.3, 0.4) is 0 Å². The number of hydrogen-bond acceptors (Lipinski definition) is 3. The van der Waals surface area contributed by atoms with E-state index in [4.69, 9.17) is 0 Å². The Morgan fingerprint density at radius 2 is 2.13 bits per heavy atom. The first-order valence-electron chi connectivity index (χ1n) is 8.94.